The number of benzene rings is 2. The van der Waals surface area contributed by atoms with Crippen LogP contribution in [0.4, 0.5) is 5.69 Å². The molecule has 0 fully saturated rings. The van der Waals surface area contributed by atoms with Crippen molar-refractivity contribution < 1.29 is 14.8 Å². The van der Waals surface area contributed by atoms with Crippen molar-refractivity contribution in [2.75, 3.05) is 0 Å². The van der Waals surface area contributed by atoms with Crippen molar-refractivity contribution in [2.24, 2.45) is 0 Å². The molecular formula is C18H20N2O4. The zero-order chi connectivity index (χ0) is 17.7. The van der Waals surface area contributed by atoms with E-state index in [2.05, 4.69) is 5.32 Å². The van der Waals surface area contributed by atoms with Crippen molar-refractivity contribution in [3.63, 3.8) is 0 Å². The SMILES string of the molecule is Cc1ccc([N+](=O)[O-])c(C(=O)NC(C)CC(O)c2ccccc2)c1. The number of rotatable bonds is 6. The zero-order valence-electron chi connectivity index (χ0n) is 13.6. The van der Waals surface area contributed by atoms with Crippen LogP contribution in [0.1, 0.15) is 40.9 Å². The average Bonchev–Trinajstić information content (AvgIpc) is 2.55. The summed E-state index contributed by atoms with van der Waals surface area (Å²) in [7, 11) is 0. The highest BCUT2D eigenvalue weighted by Crippen LogP contribution is 2.21. The number of carbonyl (C=O) groups is 1. The molecule has 2 aromatic rings. The summed E-state index contributed by atoms with van der Waals surface area (Å²) < 4.78 is 0. The number of amides is 1. The molecule has 0 radical (unpaired) electrons. The lowest BCUT2D eigenvalue weighted by Gasteiger charge is -2.18. The van der Waals surface area contributed by atoms with Crippen LogP contribution in [0.3, 0.4) is 0 Å². The molecule has 126 valence electrons. The Bertz CT molecular complexity index is 731. The van der Waals surface area contributed by atoms with Crippen molar-refractivity contribution in [1.82, 2.24) is 5.32 Å². The third kappa shape index (κ3) is 4.39. The third-order valence-electron chi connectivity index (χ3n) is 3.73. The smallest absolute Gasteiger partial charge is 0.282 e. The Morgan fingerprint density at radius 1 is 1.25 bits per heavy atom. The Labute approximate surface area is 140 Å². The standard InChI is InChI=1S/C18H20N2O4/c1-12-8-9-16(20(23)24)15(10-12)18(22)19-13(2)11-17(21)14-6-4-3-5-7-14/h3-10,13,17,21H,11H2,1-2H3,(H,19,22). The van der Waals surface area contributed by atoms with Crippen LogP contribution in [0.5, 0.6) is 0 Å². The maximum absolute atomic E-state index is 12.4. The van der Waals surface area contributed by atoms with Gasteiger partial charge in [-0.15, -0.1) is 0 Å². The fourth-order valence-corrected chi connectivity index (χ4v) is 2.50. The topological polar surface area (TPSA) is 92.5 Å². The van der Waals surface area contributed by atoms with E-state index < -0.39 is 16.9 Å². The highest BCUT2D eigenvalue weighted by molar-refractivity contribution is 5.98. The number of aryl methyl sites for hydroxylation is 1. The Balaban J connectivity index is 2.07. The van der Waals surface area contributed by atoms with Gasteiger partial charge >= 0.3 is 0 Å². The van der Waals surface area contributed by atoms with Gasteiger partial charge in [0, 0.05) is 12.1 Å². The highest BCUT2D eigenvalue weighted by Gasteiger charge is 2.22. The summed E-state index contributed by atoms with van der Waals surface area (Å²) in [5, 5.41) is 24.0. The lowest BCUT2D eigenvalue weighted by molar-refractivity contribution is -0.385. The molecule has 0 aromatic heterocycles. The van der Waals surface area contributed by atoms with Crippen molar-refractivity contribution in [1.29, 1.82) is 0 Å². The largest absolute Gasteiger partial charge is 0.388 e. The number of nitrogens with one attached hydrogen (secondary N) is 1. The molecule has 6 heteroatoms. The zero-order valence-corrected chi connectivity index (χ0v) is 13.6. The van der Waals surface area contributed by atoms with Crippen molar-refractivity contribution in [2.45, 2.75) is 32.4 Å². The molecule has 2 unspecified atom stereocenters. The van der Waals surface area contributed by atoms with Gasteiger partial charge in [-0.3, -0.25) is 14.9 Å². The lowest BCUT2D eigenvalue weighted by Crippen LogP contribution is -2.34. The van der Waals surface area contributed by atoms with E-state index in [9.17, 15) is 20.0 Å². The molecule has 0 heterocycles. The van der Waals surface area contributed by atoms with Gasteiger partial charge in [0.1, 0.15) is 5.56 Å². The van der Waals surface area contributed by atoms with Crippen molar-refractivity contribution in [3.8, 4) is 0 Å². The predicted molar refractivity (Wildman–Crippen MR) is 90.8 cm³/mol. The van der Waals surface area contributed by atoms with Gasteiger partial charge in [0.25, 0.3) is 11.6 Å². The fourth-order valence-electron chi connectivity index (χ4n) is 2.50. The van der Waals surface area contributed by atoms with Crippen LogP contribution in [-0.2, 0) is 0 Å². The number of aliphatic hydroxyl groups is 1. The maximum atomic E-state index is 12.4. The number of nitrogens with zero attached hydrogens (tertiary/aromatic N) is 1. The Morgan fingerprint density at radius 2 is 1.92 bits per heavy atom. The molecule has 6 nitrogen and oxygen atoms in total. The third-order valence-corrected chi connectivity index (χ3v) is 3.73. The van der Waals surface area contributed by atoms with Gasteiger partial charge in [-0.1, -0.05) is 36.4 Å². The minimum absolute atomic E-state index is 0.0288. The van der Waals surface area contributed by atoms with E-state index in [4.69, 9.17) is 0 Å². The molecule has 2 aromatic carbocycles. The molecule has 0 aliphatic rings. The monoisotopic (exact) mass is 328 g/mol. The first kappa shape index (κ1) is 17.6. The molecule has 1 amide bonds. The van der Waals surface area contributed by atoms with E-state index in [1.54, 1.807) is 19.9 Å². The van der Waals surface area contributed by atoms with E-state index in [1.807, 2.05) is 30.3 Å². The van der Waals surface area contributed by atoms with E-state index >= 15 is 0 Å². The van der Waals surface area contributed by atoms with Gasteiger partial charge in [0.2, 0.25) is 0 Å². The Kier molecular flexibility index (Phi) is 5.65. The first-order chi connectivity index (χ1) is 11.4. The summed E-state index contributed by atoms with van der Waals surface area (Å²) in [6.45, 7) is 3.52. The van der Waals surface area contributed by atoms with Gasteiger partial charge in [-0.2, -0.15) is 0 Å². The lowest BCUT2D eigenvalue weighted by atomic mass is 10.0. The molecule has 2 atom stereocenters. The molecule has 24 heavy (non-hydrogen) atoms. The fraction of sp³-hybridized carbons (Fsp3) is 0.278. The van der Waals surface area contributed by atoms with Crippen LogP contribution in [0, 0.1) is 17.0 Å². The molecular weight excluding hydrogens is 308 g/mol. The molecule has 2 rings (SSSR count). The minimum atomic E-state index is -0.714. The van der Waals surface area contributed by atoms with Crippen LogP contribution in [0.15, 0.2) is 48.5 Å². The number of nitro groups is 1. The van der Waals surface area contributed by atoms with Crippen molar-refractivity contribution >= 4 is 11.6 Å². The molecule has 0 spiro atoms. The van der Waals surface area contributed by atoms with Gasteiger partial charge in [0.05, 0.1) is 11.0 Å². The maximum Gasteiger partial charge on any atom is 0.282 e. The van der Waals surface area contributed by atoms with E-state index in [0.717, 1.165) is 11.1 Å². The van der Waals surface area contributed by atoms with Crippen LogP contribution in [-0.4, -0.2) is 22.0 Å². The van der Waals surface area contributed by atoms with E-state index in [1.165, 1.54) is 12.1 Å². The number of aliphatic hydroxyl groups excluding tert-OH is 1. The summed E-state index contributed by atoms with van der Waals surface area (Å²) in [5.41, 5.74) is 1.33. The molecule has 0 bridgehead atoms. The minimum Gasteiger partial charge on any atom is -0.388 e. The number of carbonyl (C=O) groups excluding carboxylic acids is 1. The summed E-state index contributed by atoms with van der Waals surface area (Å²) in [4.78, 5) is 22.9. The normalized spacial score (nSPS) is 13.1. The molecule has 0 aliphatic heterocycles. The Morgan fingerprint density at radius 3 is 2.54 bits per heavy atom. The first-order valence-electron chi connectivity index (χ1n) is 7.67. The first-order valence-corrected chi connectivity index (χ1v) is 7.67. The number of nitro benzene ring substituents is 1. The van der Waals surface area contributed by atoms with Gasteiger partial charge in [-0.05, 0) is 37.5 Å². The molecule has 0 aliphatic carbocycles. The van der Waals surface area contributed by atoms with Crippen LogP contribution < -0.4 is 5.32 Å². The second kappa shape index (κ2) is 7.70. The second-order valence-electron chi connectivity index (χ2n) is 5.81. The summed E-state index contributed by atoms with van der Waals surface area (Å²) in [6.07, 6.45) is -0.399. The number of hydrogen-bond donors (Lipinski definition) is 2. The van der Waals surface area contributed by atoms with Crippen LogP contribution in [0.2, 0.25) is 0 Å². The van der Waals surface area contributed by atoms with Gasteiger partial charge in [0.15, 0.2) is 0 Å². The summed E-state index contributed by atoms with van der Waals surface area (Å²) in [5.74, 6) is -0.516. The quantitative estimate of drug-likeness (QED) is 0.629. The molecule has 0 saturated heterocycles. The van der Waals surface area contributed by atoms with Crippen molar-refractivity contribution in [3.05, 3.63) is 75.3 Å². The average molecular weight is 328 g/mol. The van der Waals surface area contributed by atoms with Crippen LogP contribution >= 0.6 is 0 Å². The highest BCUT2D eigenvalue weighted by atomic mass is 16.6. The van der Waals surface area contributed by atoms with Gasteiger partial charge < -0.3 is 10.4 Å². The summed E-state index contributed by atoms with van der Waals surface area (Å²) in [6, 6.07) is 13.2. The number of hydrogen-bond acceptors (Lipinski definition) is 4. The second-order valence-corrected chi connectivity index (χ2v) is 5.81. The Hall–Kier alpha value is -2.73. The van der Waals surface area contributed by atoms with E-state index in [-0.39, 0.29) is 17.3 Å². The predicted octanol–water partition coefficient (Wildman–Crippen LogP) is 3.15. The van der Waals surface area contributed by atoms with E-state index in [0.29, 0.717) is 6.42 Å². The van der Waals surface area contributed by atoms with Gasteiger partial charge in [-0.25, -0.2) is 0 Å². The molecule has 0 saturated carbocycles. The van der Waals surface area contributed by atoms with Crippen LogP contribution in [0.25, 0.3) is 0 Å². The summed E-state index contributed by atoms with van der Waals surface area (Å²) >= 11 is 0. The molecule has 2 N–H and O–H groups in total.